The zero-order valence-corrected chi connectivity index (χ0v) is 23.3. The second-order valence-electron chi connectivity index (χ2n) is 11.7. The summed E-state index contributed by atoms with van der Waals surface area (Å²) in [6.45, 7) is 13.5. The Morgan fingerprint density at radius 3 is 2.49 bits per heavy atom. The lowest BCUT2D eigenvalue weighted by Gasteiger charge is -2.23. The van der Waals surface area contributed by atoms with Crippen LogP contribution in [-0.4, -0.2) is 4.98 Å². The zero-order valence-electron chi connectivity index (χ0n) is 22.5. The van der Waals surface area contributed by atoms with E-state index in [2.05, 4.69) is 108 Å². The quantitative estimate of drug-likeness (QED) is 0.239. The lowest BCUT2D eigenvalue weighted by Crippen LogP contribution is -2.12. The largest absolute Gasteiger partial charge is 0.464 e. The van der Waals surface area contributed by atoms with Crippen molar-refractivity contribution in [1.82, 2.24) is 4.98 Å². The molecule has 3 aromatic carbocycles. The molecule has 3 aromatic heterocycles. The Morgan fingerprint density at radius 1 is 0.892 bits per heavy atom. The van der Waals surface area contributed by atoms with E-state index in [0.29, 0.717) is 5.92 Å². The standard InChI is InChI=1S/C34H33NOS/c1-20(2)13-25-19-36-32-12-11-23(16-27(25)32)28-18-30(35-31-14-21(3)37-33(28)31)24-15-22-9-7-8-10-26(22)29(17-24)34(4,5)6/h7-12,14-20H,13H2,1-6H3. The second-order valence-corrected chi connectivity index (χ2v) is 12.9. The maximum Gasteiger partial charge on any atom is 0.134 e. The molecule has 0 spiro atoms. The molecule has 0 aliphatic carbocycles. The van der Waals surface area contributed by atoms with Crippen LogP contribution in [0.1, 0.15) is 50.6 Å². The predicted molar refractivity (Wildman–Crippen MR) is 160 cm³/mol. The van der Waals surface area contributed by atoms with Crippen LogP contribution in [0.15, 0.2) is 77.4 Å². The molecule has 0 unspecified atom stereocenters. The van der Waals surface area contributed by atoms with E-state index in [4.69, 9.17) is 9.40 Å². The summed E-state index contributed by atoms with van der Waals surface area (Å²) in [5.41, 5.74) is 9.32. The van der Waals surface area contributed by atoms with Gasteiger partial charge in [-0.05, 0) is 88.5 Å². The van der Waals surface area contributed by atoms with Crippen molar-refractivity contribution >= 4 is 43.3 Å². The highest BCUT2D eigenvalue weighted by molar-refractivity contribution is 7.19. The van der Waals surface area contributed by atoms with Crippen LogP contribution in [0.2, 0.25) is 0 Å². The molecule has 3 heterocycles. The highest BCUT2D eigenvalue weighted by Gasteiger charge is 2.20. The number of aryl methyl sites for hydroxylation is 1. The molecule has 0 N–H and O–H groups in total. The number of benzene rings is 3. The third kappa shape index (κ3) is 4.36. The van der Waals surface area contributed by atoms with Crippen LogP contribution in [-0.2, 0) is 11.8 Å². The summed E-state index contributed by atoms with van der Waals surface area (Å²) in [5, 5.41) is 3.79. The number of hydrogen-bond acceptors (Lipinski definition) is 3. The van der Waals surface area contributed by atoms with E-state index >= 15 is 0 Å². The molecule has 6 rings (SSSR count). The molecule has 0 fully saturated rings. The van der Waals surface area contributed by atoms with Crippen LogP contribution in [0.4, 0.5) is 0 Å². The first-order chi connectivity index (χ1) is 17.7. The minimum Gasteiger partial charge on any atom is -0.464 e. The molecule has 6 aromatic rings. The van der Waals surface area contributed by atoms with Gasteiger partial charge in [0.2, 0.25) is 0 Å². The predicted octanol–water partition coefficient (Wildman–Crippen LogP) is 10.3. The van der Waals surface area contributed by atoms with Crippen LogP contribution in [0, 0.1) is 12.8 Å². The Kier molecular flexibility index (Phi) is 5.72. The van der Waals surface area contributed by atoms with Crippen LogP contribution < -0.4 is 0 Å². The summed E-state index contributed by atoms with van der Waals surface area (Å²) in [4.78, 5) is 6.46. The van der Waals surface area contributed by atoms with Gasteiger partial charge in [-0.15, -0.1) is 11.3 Å². The van der Waals surface area contributed by atoms with E-state index in [1.54, 1.807) is 0 Å². The molecular weight excluding hydrogens is 470 g/mol. The Labute approximate surface area is 223 Å². The van der Waals surface area contributed by atoms with Gasteiger partial charge in [0.25, 0.3) is 0 Å². The number of aromatic nitrogens is 1. The molecule has 186 valence electrons. The second kappa shape index (κ2) is 8.85. The van der Waals surface area contributed by atoms with Gasteiger partial charge in [0, 0.05) is 21.4 Å². The van der Waals surface area contributed by atoms with E-state index in [-0.39, 0.29) is 5.41 Å². The Morgan fingerprint density at radius 2 is 1.70 bits per heavy atom. The third-order valence-electron chi connectivity index (χ3n) is 7.16. The van der Waals surface area contributed by atoms with Crippen molar-refractivity contribution in [3.63, 3.8) is 0 Å². The van der Waals surface area contributed by atoms with E-state index < -0.39 is 0 Å². The SMILES string of the molecule is Cc1cc2nc(-c3cc(C(C)(C)C)c4ccccc4c3)cc(-c3ccc4occ(CC(C)C)c4c3)c2s1. The highest BCUT2D eigenvalue weighted by atomic mass is 32.1. The first-order valence-corrected chi connectivity index (χ1v) is 13.9. The number of nitrogens with zero attached hydrogens (tertiary/aromatic N) is 1. The van der Waals surface area contributed by atoms with Crippen molar-refractivity contribution in [1.29, 1.82) is 0 Å². The molecule has 3 heteroatoms. The van der Waals surface area contributed by atoms with Crippen molar-refractivity contribution in [3.8, 4) is 22.4 Å². The van der Waals surface area contributed by atoms with E-state index in [0.717, 1.165) is 23.2 Å². The summed E-state index contributed by atoms with van der Waals surface area (Å²) in [7, 11) is 0. The fraction of sp³-hybridized carbons (Fsp3) is 0.265. The summed E-state index contributed by atoms with van der Waals surface area (Å²) in [6, 6.07) is 24.5. The average molecular weight is 504 g/mol. The fourth-order valence-electron chi connectivity index (χ4n) is 5.43. The van der Waals surface area contributed by atoms with Gasteiger partial charge >= 0.3 is 0 Å². The monoisotopic (exact) mass is 503 g/mol. The summed E-state index contributed by atoms with van der Waals surface area (Å²) >= 11 is 1.82. The first kappa shape index (κ1) is 23.9. The van der Waals surface area contributed by atoms with Crippen LogP contribution in [0.25, 0.3) is 54.3 Å². The lowest BCUT2D eigenvalue weighted by atomic mass is 9.82. The Balaban J connectivity index is 1.59. The molecule has 2 nitrogen and oxygen atoms in total. The topological polar surface area (TPSA) is 26.0 Å². The lowest BCUT2D eigenvalue weighted by molar-refractivity contribution is 0.594. The van der Waals surface area contributed by atoms with Gasteiger partial charge in [-0.2, -0.15) is 0 Å². The maximum absolute atomic E-state index is 5.90. The smallest absolute Gasteiger partial charge is 0.134 e. The fourth-order valence-corrected chi connectivity index (χ4v) is 6.42. The molecule has 0 aliphatic rings. The summed E-state index contributed by atoms with van der Waals surface area (Å²) in [5.74, 6) is 0.577. The van der Waals surface area contributed by atoms with Gasteiger partial charge in [0.1, 0.15) is 5.58 Å². The number of pyridine rings is 1. The normalized spacial score (nSPS) is 12.4. The number of rotatable bonds is 4. The minimum atomic E-state index is 0.0284. The molecular formula is C34H33NOS. The highest BCUT2D eigenvalue weighted by Crippen LogP contribution is 2.40. The molecule has 0 atom stereocenters. The van der Waals surface area contributed by atoms with Crippen LogP contribution >= 0.6 is 11.3 Å². The molecule has 0 amide bonds. The Bertz CT molecular complexity index is 1780. The number of furan rings is 1. The number of thiophene rings is 1. The van der Waals surface area contributed by atoms with Gasteiger partial charge in [0.15, 0.2) is 0 Å². The van der Waals surface area contributed by atoms with Crippen molar-refractivity contribution in [2.45, 2.75) is 53.4 Å². The molecule has 0 aliphatic heterocycles. The van der Waals surface area contributed by atoms with Gasteiger partial charge < -0.3 is 4.42 Å². The van der Waals surface area contributed by atoms with Crippen LogP contribution in [0.5, 0.6) is 0 Å². The average Bonchev–Trinajstić information content (AvgIpc) is 3.43. The van der Waals surface area contributed by atoms with Gasteiger partial charge in [-0.3, -0.25) is 0 Å². The molecule has 0 radical (unpaired) electrons. The molecule has 0 saturated heterocycles. The summed E-state index contributed by atoms with van der Waals surface area (Å²) < 4.78 is 7.14. The number of hydrogen-bond donors (Lipinski definition) is 0. The third-order valence-corrected chi connectivity index (χ3v) is 8.23. The van der Waals surface area contributed by atoms with E-state index in [1.807, 2.05) is 17.6 Å². The van der Waals surface area contributed by atoms with Crippen molar-refractivity contribution in [2.75, 3.05) is 0 Å². The van der Waals surface area contributed by atoms with Crippen molar-refractivity contribution in [3.05, 3.63) is 89.0 Å². The van der Waals surface area contributed by atoms with Crippen molar-refractivity contribution < 1.29 is 4.42 Å². The van der Waals surface area contributed by atoms with Crippen molar-refractivity contribution in [2.24, 2.45) is 5.92 Å². The Hall–Kier alpha value is -3.43. The molecule has 0 saturated carbocycles. The van der Waals surface area contributed by atoms with E-state index in [1.165, 1.54) is 53.6 Å². The van der Waals surface area contributed by atoms with Gasteiger partial charge in [0.05, 0.1) is 22.2 Å². The van der Waals surface area contributed by atoms with E-state index in [9.17, 15) is 0 Å². The first-order valence-electron chi connectivity index (χ1n) is 13.1. The minimum absolute atomic E-state index is 0.0284. The maximum atomic E-state index is 5.90. The summed E-state index contributed by atoms with van der Waals surface area (Å²) in [6.07, 6.45) is 2.94. The van der Waals surface area contributed by atoms with Crippen LogP contribution in [0.3, 0.4) is 0 Å². The number of fused-ring (bicyclic) bond motifs is 3. The van der Waals surface area contributed by atoms with Gasteiger partial charge in [-0.25, -0.2) is 4.98 Å². The molecule has 0 bridgehead atoms. The molecule has 37 heavy (non-hydrogen) atoms. The zero-order chi connectivity index (χ0) is 25.9. The van der Waals surface area contributed by atoms with Gasteiger partial charge in [-0.1, -0.05) is 65.0 Å².